The molecule has 0 fully saturated rings. The second-order valence-corrected chi connectivity index (χ2v) is 7.40. The molecule has 0 unspecified atom stereocenters. The molecule has 0 spiro atoms. The molecule has 110 valence electrons. The first-order chi connectivity index (χ1) is 9.94. The summed E-state index contributed by atoms with van der Waals surface area (Å²) < 4.78 is 3.38. The van der Waals surface area contributed by atoms with Crippen molar-refractivity contribution in [2.45, 2.75) is 27.2 Å². The zero-order chi connectivity index (χ0) is 15.0. The van der Waals surface area contributed by atoms with Gasteiger partial charge in [0.05, 0.1) is 15.9 Å². The molecule has 0 saturated carbocycles. The Morgan fingerprint density at radius 3 is 2.76 bits per heavy atom. The summed E-state index contributed by atoms with van der Waals surface area (Å²) >= 11 is 1.70. The van der Waals surface area contributed by atoms with Crippen molar-refractivity contribution < 1.29 is 0 Å². The highest BCUT2D eigenvalue weighted by atomic mass is 32.1. The molecule has 2 aromatic rings. The number of allylic oxidation sites excluding steroid dienone is 3. The van der Waals surface area contributed by atoms with Crippen molar-refractivity contribution in [3.05, 3.63) is 52.5 Å². The number of benzene rings is 1. The fourth-order valence-corrected chi connectivity index (χ4v) is 3.89. The topological polar surface area (TPSA) is 29.3 Å². The molecule has 3 rings (SSSR count). The monoisotopic (exact) mass is 299 g/mol. The average molecular weight is 299 g/mol. The van der Waals surface area contributed by atoms with Crippen molar-refractivity contribution >= 4 is 21.6 Å². The van der Waals surface area contributed by atoms with E-state index in [2.05, 4.69) is 79.3 Å². The van der Waals surface area contributed by atoms with Crippen LogP contribution in [0.3, 0.4) is 0 Å². The number of nitrogens with one attached hydrogen (secondary N) is 1. The molecule has 1 aromatic carbocycles. The molecule has 0 bridgehead atoms. The fourth-order valence-electron chi connectivity index (χ4n) is 2.91. The standard InChI is InChI=1S/C17H21N3S/c1-12-9-13(11-17(2,3)10-12)18-19-16-20(4)14-7-5-6-8-15(14)21-16/h5-9,11,18H,10H2,1-4H3/b19-16-. The maximum absolute atomic E-state index is 4.59. The highest BCUT2D eigenvalue weighted by Crippen LogP contribution is 2.32. The molecular weight excluding hydrogens is 278 g/mol. The summed E-state index contributed by atoms with van der Waals surface area (Å²) in [5.74, 6) is 0. The van der Waals surface area contributed by atoms with Crippen molar-refractivity contribution in [2.24, 2.45) is 17.6 Å². The highest BCUT2D eigenvalue weighted by Gasteiger charge is 2.20. The summed E-state index contributed by atoms with van der Waals surface area (Å²) in [5, 5.41) is 4.59. The lowest BCUT2D eigenvalue weighted by molar-refractivity contribution is 0.462. The van der Waals surface area contributed by atoms with Gasteiger partial charge in [-0.2, -0.15) is 0 Å². The lowest BCUT2D eigenvalue weighted by Gasteiger charge is -2.26. The molecule has 0 amide bonds. The van der Waals surface area contributed by atoms with Gasteiger partial charge in [0.25, 0.3) is 0 Å². The molecule has 1 heterocycles. The number of aryl methyl sites for hydroxylation is 1. The lowest BCUT2D eigenvalue weighted by Crippen LogP contribution is -2.20. The smallest absolute Gasteiger partial charge is 0.208 e. The van der Waals surface area contributed by atoms with Crippen molar-refractivity contribution in [1.29, 1.82) is 0 Å². The Hall–Kier alpha value is -1.81. The van der Waals surface area contributed by atoms with Gasteiger partial charge in [0.15, 0.2) is 0 Å². The molecule has 3 nitrogen and oxygen atoms in total. The van der Waals surface area contributed by atoms with Crippen LogP contribution in [0.25, 0.3) is 10.2 Å². The Balaban J connectivity index is 1.95. The zero-order valence-corrected chi connectivity index (χ0v) is 13.8. The van der Waals surface area contributed by atoms with Gasteiger partial charge in [0.2, 0.25) is 4.80 Å². The molecule has 0 atom stereocenters. The summed E-state index contributed by atoms with van der Waals surface area (Å²) in [7, 11) is 2.06. The van der Waals surface area contributed by atoms with E-state index in [1.807, 2.05) is 0 Å². The van der Waals surface area contributed by atoms with Gasteiger partial charge in [0, 0.05) is 7.05 Å². The average Bonchev–Trinajstić information content (AvgIpc) is 2.72. The third kappa shape index (κ3) is 2.95. The molecule has 21 heavy (non-hydrogen) atoms. The van der Waals surface area contributed by atoms with Crippen molar-refractivity contribution in [1.82, 2.24) is 9.99 Å². The Bertz CT molecular complexity index is 803. The Morgan fingerprint density at radius 1 is 1.29 bits per heavy atom. The third-order valence-electron chi connectivity index (χ3n) is 3.68. The molecule has 4 heteroatoms. The lowest BCUT2D eigenvalue weighted by atomic mass is 9.82. The third-order valence-corrected chi connectivity index (χ3v) is 4.79. The first-order valence-corrected chi connectivity index (χ1v) is 8.01. The largest absolute Gasteiger partial charge is 0.318 e. The van der Waals surface area contributed by atoms with Crippen LogP contribution in [0.4, 0.5) is 0 Å². The van der Waals surface area contributed by atoms with Gasteiger partial charge in [-0.3, -0.25) is 5.43 Å². The van der Waals surface area contributed by atoms with Crippen molar-refractivity contribution in [3.63, 3.8) is 0 Å². The van der Waals surface area contributed by atoms with Crippen LogP contribution in [0.1, 0.15) is 27.2 Å². The van der Waals surface area contributed by atoms with Gasteiger partial charge >= 0.3 is 0 Å². The van der Waals surface area contributed by atoms with E-state index in [1.165, 1.54) is 15.8 Å². The number of hydrogen-bond acceptors (Lipinski definition) is 3. The molecule has 1 aromatic heterocycles. The minimum atomic E-state index is 0.193. The van der Waals surface area contributed by atoms with Crippen LogP contribution in [0.15, 0.2) is 52.8 Å². The minimum Gasteiger partial charge on any atom is -0.318 e. The summed E-state index contributed by atoms with van der Waals surface area (Å²) in [4.78, 5) is 0.978. The van der Waals surface area contributed by atoms with Crippen LogP contribution in [0.2, 0.25) is 0 Å². The van der Waals surface area contributed by atoms with E-state index in [9.17, 15) is 0 Å². The maximum Gasteiger partial charge on any atom is 0.208 e. The number of nitrogens with zero attached hydrogens (tertiary/aromatic N) is 2. The number of hydrogen-bond donors (Lipinski definition) is 1. The van der Waals surface area contributed by atoms with Crippen LogP contribution in [-0.2, 0) is 7.05 Å². The summed E-state index contributed by atoms with van der Waals surface area (Å²) in [5.41, 5.74) is 7.11. The Labute approximate surface area is 129 Å². The van der Waals surface area contributed by atoms with Gasteiger partial charge in [-0.15, -0.1) is 5.10 Å². The number of para-hydroxylation sites is 1. The molecule has 0 radical (unpaired) electrons. The second-order valence-electron chi connectivity index (χ2n) is 6.39. The van der Waals surface area contributed by atoms with E-state index in [0.29, 0.717) is 0 Å². The fraction of sp³-hybridized carbons (Fsp3) is 0.353. The normalized spacial score (nSPS) is 18.6. The van der Waals surface area contributed by atoms with E-state index >= 15 is 0 Å². The summed E-state index contributed by atoms with van der Waals surface area (Å²) in [6, 6.07) is 8.38. The van der Waals surface area contributed by atoms with E-state index in [1.54, 1.807) is 11.3 Å². The summed E-state index contributed by atoms with van der Waals surface area (Å²) in [6.45, 7) is 6.69. The maximum atomic E-state index is 4.59. The van der Waals surface area contributed by atoms with E-state index in [-0.39, 0.29) is 5.41 Å². The minimum absolute atomic E-state index is 0.193. The van der Waals surface area contributed by atoms with Gasteiger partial charge in [-0.25, -0.2) is 0 Å². The SMILES string of the molecule is CC1=CC(N/N=c2\sc3ccccc3n2C)=CC(C)(C)C1. The molecule has 0 aliphatic heterocycles. The molecular formula is C17H21N3S. The van der Waals surface area contributed by atoms with Gasteiger partial charge in [0.1, 0.15) is 0 Å². The Kier molecular flexibility index (Phi) is 3.49. The molecule has 1 N–H and O–H groups in total. The quantitative estimate of drug-likeness (QED) is 0.837. The first kappa shape index (κ1) is 14.1. The van der Waals surface area contributed by atoms with Crippen molar-refractivity contribution in [2.75, 3.05) is 0 Å². The predicted molar refractivity (Wildman–Crippen MR) is 89.7 cm³/mol. The molecule has 1 aliphatic carbocycles. The Morgan fingerprint density at radius 2 is 2.05 bits per heavy atom. The van der Waals surface area contributed by atoms with Gasteiger partial charge in [-0.1, -0.05) is 49.0 Å². The number of fused-ring (bicyclic) bond motifs is 1. The van der Waals surface area contributed by atoms with Crippen LogP contribution in [0, 0.1) is 5.41 Å². The van der Waals surface area contributed by atoms with Crippen LogP contribution < -0.4 is 10.2 Å². The van der Waals surface area contributed by atoms with Gasteiger partial charge in [-0.05, 0) is 37.0 Å². The van der Waals surface area contributed by atoms with Gasteiger partial charge < -0.3 is 4.57 Å². The van der Waals surface area contributed by atoms with E-state index in [4.69, 9.17) is 0 Å². The summed E-state index contributed by atoms with van der Waals surface area (Å²) in [6.07, 6.45) is 5.55. The number of aromatic nitrogens is 1. The zero-order valence-electron chi connectivity index (χ0n) is 13.0. The van der Waals surface area contributed by atoms with Crippen LogP contribution in [-0.4, -0.2) is 4.57 Å². The van der Waals surface area contributed by atoms with Crippen LogP contribution in [0.5, 0.6) is 0 Å². The van der Waals surface area contributed by atoms with Crippen LogP contribution >= 0.6 is 11.3 Å². The number of thiazole rings is 1. The number of rotatable bonds is 2. The van der Waals surface area contributed by atoms with E-state index < -0.39 is 0 Å². The second kappa shape index (κ2) is 5.19. The first-order valence-electron chi connectivity index (χ1n) is 7.19. The molecule has 1 aliphatic rings. The van der Waals surface area contributed by atoms with E-state index in [0.717, 1.165) is 16.9 Å². The highest BCUT2D eigenvalue weighted by molar-refractivity contribution is 7.16. The predicted octanol–water partition coefficient (Wildman–Crippen LogP) is 3.91. The molecule has 0 saturated heterocycles. The van der Waals surface area contributed by atoms with Crippen molar-refractivity contribution in [3.8, 4) is 0 Å².